The Morgan fingerprint density at radius 2 is 1.92 bits per heavy atom. The number of halogens is 5. The Morgan fingerprint density at radius 1 is 1.24 bits per heavy atom. The van der Waals surface area contributed by atoms with Gasteiger partial charge in [-0.05, 0) is 12.1 Å². The molecule has 6 N–H and O–H groups in total. The summed E-state index contributed by atoms with van der Waals surface area (Å²) in [5.41, 5.74) is 5.90. The van der Waals surface area contributed by atoms with Gasteiger partial charge < -0.3 is 16.6 Å². The van der Waals surface area contributed by atoms with Crippen LogP contribution in [-0.2, 0) is 6.18 Å². The molecule has 0 saturated carbocycles. The molecule has 1 atom stereocenters. The van der Waals surface area contributed by atoms with Crippen LogP contribution in [0.1, 0.15) is 35.6 Å². The van der Waals surface area contributed by atoms with Crippen molar-refractivity contribution in [2.24, 2.45) is 26.7 Å². The summed E-state index contributed by atoms with van der Waals surface area (Å²) in [5, 5.41) is 20.7. The highest BCUT2D eigenvalue weighted by atomic mass is 19.4. The zero-order valence-corrected chi connectivity index (χ0v) is 18.8. The highest BCUT2D eigenvalue weighted by molar-refractivity contribution is 6.33. The van der Waals surface area contributed by atoms with Gasteiger partial charge in [-0.2, -0.15) is 23.5 Å². The van der Waals surface area contributed by atoms with Gasteiger partial charge in [-0.15, -0.1) is 0 Å². The molecular formula is C22H17F5N10. The molecular weight excluding hydrogens is 499 g/mol. The molecule has 0 fully saturated rings. The number of aliphatic imine (C=N–C) groups is 2. The molecule has 3 rings (SSSR count). The fourth-order valence-electron chi connectivity index (χ4n) is 3.31. The van der Waals surface area contributed by atoms with E-state index in [1.807, 2.05) is 6.07 Å². The number of amidine groups is 1. The molecule has 0 aliphatic heterocycles. The maximum absolute atomic E-state index is 14.0. The summed E-state index contributed by atoms with van der Waals surface area (Å²) < 4.78 is 65.9. The predicted octanol–water partition coefficient (Wildman–Crippen LogP) is 3.77. The number of alkyl halides is 3. The molecule has 0 spiro atoms. The lowest BCUT2D eigenvalue weighted by atomic mass is 9.95. The van der Waals surface area contributed by atoms with Crippen molar-refractivity contribution in [2.75, 3.05) is 0 Å². The lowest BCUT2D eigenvalue weighted by molar-refractivity contribution is -0.144. The summed E-state index contributed by atoms with van der Waals surface area (Å²) in [6.45, 7) is 1.56. The minimum absolute atomic E-state index is 0.00291. The first-order chi connectivity index (χ1) is 17.5. The topological polar surface area (TPSA) is 178 Å². The standard InChI is InChI=1S/C22H17F5N10/c1-10(16(37-31)8-32-15-3-2-12(23)4-14(15)24)18-13(5-28)17(19(36-18)20(30)35-9-29)11-6-33-21(34-7-11)22(25,26)27/h2-4,6-10,36H,31H2,1H3,(H3,29,30,35). The molecule has 0 amide bonds. The van der Waals surface area contributed by atoms with Gasteiger partial charge in [0.05, 0.1) is 28.9 Å². The van der Waals surface area contributed by atoms with E-state index < -0.39 is 29.6 Å². The number of benzene rings is 1. The molecule has 1 unspecified atom stereocenters. The van der Waals surface area contributed by atoms with Crippen LogP contribution in [0.4, 0.5) is 27.6 Å². The first-order valence-electron chi connectivity index (χ1n) is 10.2. The number of aromatic amines is 1. The monoisotopic (exact) mass is 516 g/mol. The summed E-state index contributed by atoms with van der Waals surface area (Å²) >= 11 is 0. The Kier molecular flexibility index (Phi) is 7.71. The van der Waals surface area contributed by atoms with E-state index >= 15 is 0 Å². The Labute approximate surface area is 205 Å². The maximum atomic E-state index is 14.0. The Balaban J connectivity index is 2.13. The minimum Gasteiger partial charge on any atom is -0.382 e. The van der Waals surface area contributed by atoms with Gasteiger partial charge in [-0.3, -0.25) is 10.4 Å². The second-order valence-corrected chi connectivity index (χ2v) is 7.34. The van der Waals surface area contributed by atoms with E-state index in [9.17, 15) is 27.2 Å². The molecule has 1 aromatic carbocycles. The van der Waals surface area contributed by atoms with E-state index in [-0.39, 0.29) is 45.3 Å². The Bertz CT molecular complexity index is 1450. The number of hydrogen-bond donors (Lipinski definition) is 4. The molecule has 10 nitrogen and oxygen atoms in total. The average molecular weight is 516 g/mol. The van der Waals surface area contributed by atoms with E-state index in [2.05, 4.69) is 30.0 Å². The number of nitrogens with one attached hydrogen (secondary N) is 2. The van der Waals surface area contributed by atoms with Gasteiger partial charge in [-0.25, -0.2) is 23.7 Å². The number of rotatable bonds is 7. The zero-order chi connectivity index (χ0) is 27.3. The number of nitrogens with zero attached hydrogens (tertiary/aromatic N) is 6. The summed E-state index contributed by atoms with van der Waals surface area (Å²) in [7, 11) is 0. The first-order valence-corrected chi connectivity index (χ1v) is 10.2. The van der Waals surface area contributed by atoms with E-state index in [1.165, 1.54) is 0 Å². The molecule has 37 heavy (non-hydrogen) atoms. The van der Waals surface area contributed by atoms with Crippen LogP contribution >= 0.6 is 0 Å². The number of nitriles is 1. The minimum atomic E-state index is -4.78. The van der Waals surface area contributed by atoms with Crippen LogP contribution < -0.4 is 11.6 Å². The van der Waals surface area contributed by atoms with Gasteiger partial charge >= 0.3 is 6.18 Å². The predicted molar refractivity (Wildman–Crippen MR) is 126 cm³/mol. The number of H-pyrrole nitrogens is 1. The summed E-state index contributed by atoms with van der Waals surface area (Å²) in [6.07, 6.45) is -1.31. The van der Waals surface area contributed by atoms with Crippen LogP contribution in [0.3, 0.4) is 0 Å². The number of aromatic nitrogens is 3. The van der Waals surface area contributed by atoms with E-state index in [1.54, 1.807) is 6.92 Å². The zero-order valence-electron chi connectivity index (χ0n) is 18.8. The van der Waals surface area contributed by atoms with Crippen LogP contribution in [0.15, 0.2) is 45.7 Å². The van der Waals surface area contributed by atoms with Crippen molar-refractivity contribution in [3.8, 4) is 17.2 Å². The summed E-state index contributed by atoms with van der Waals surface area (Å²) in [6, 6.07) is 4.71. The lowest BCUT2D eigenvalue weighted by Gasteiger charge is -2.10. The lowest BCUT2D eigenvalue weighted by Crippen LogP contribution is -2.17. The van der Waals surface area contributed by atoms with Crippen LogP contribution in [-0.4, -0.2) is 39.1 Å². The van der Waals surface area contributed by atoms with Crippen molar-refractivity contribution >= 4 is 29.8 Å². The number of nitrogens with two attached hydrogens (primary N) is 2. The first kappa shape index (κ1) is 26.6. The third-order valence-electron chi connectivity index (χ3n) is 5.07. The van der Waals surface area contributed by atoms with Crippen LogP contribution in [0, 0.1) is 28.4 Å². The molecule has 0 aliphatic carbocycles. The molecule has 0 radical (unpaired) electrons. The van der Waals surface area contributed by atoms with Crippen LogP contribution in [0.5, 0.6) is 0 Å². The van der Waals surface area contributed by atoms with Gasteiger partial charge in [0.2, 0.25) is 5.82 Å². The number of hydrazone groups is 1. The molecule has 0 saturated heterocycles. The van der Waals surface area contributed by atoms with Crippen LogP contribution in [0.2, 0.25) is 0 Å². The van der Waals surface area contributed by atoms with Crippen molar-refractivity contribution in [1.82, 2.24) is 15.0 Å². The molecule has 3 aromatic rings. The van der Waals surface area contributed by atoms with Crippen molar-refractivity contribution in [3.05, 3.63) is 65.0 Å². The normalized spacial score (nSPS) is 13.5. The van der Waals surface area contributed by atoms with Gasteiger partial charge in [0.1, 0.15) is 24.1 Å². The largest absolute Gasteiger partial charge is 0.451 e. The van der Waals surface area contributed by atoms with Gasteiger partial charge in [-0.1, -0.05) is 6.92 Å². The fourth-order valence-corrected chi connectivity index (χ4v) is 3.31. The second kappa shape index (κ2) is 10.7. The van der Waals surface area contributed by atoms with Crippen LogP contribution in [0.25, 0.3) is 11.1 Å². The Morgan fingerprint density at radius 3 is 2.46 bits per heavy atom. The van der Waals surface area contributed by atoms with E-state index in [0.717, 1.165) is 30.7 Å². The fraction of sp³-hybridized carbons (Fsp3) is 0.136. The molecule has 2 aromatic heterocycles. The molecule has 0 bridgehead atoms. The summed E-state index contributed by atoms with van der Waals surface area (Å²) in [4.78, 5) is 17.1. The highest BCUT2D eigenvalue weighted by Gasteiger charge is 2.35. The van der Waals surface area contributed by atoms with Crippen molar-refractivity contribution < 1.29 is 22.0 Å². The Hall–Kier alpha value is -5.00. The molecule has 15 heteroatoms. The number of hydrogen-bond acceptors (Lipinski definition) is 7. The van der Waals surface area contributed by atoms with E-state index in [4.69, 9.17) is 17.0 Å². The smallest absolute Gasteiger partial charge is 0.382 e. The highest BCUT2D eigenvalue weighted by Crippen LogP contribution is 2.34. The molecule has 190 valence electrons. The third-order valence-corrected chi connectivity index (χ3v) is 5.07. The quantitative estimate of drug-likeness (QED) is 0.123. The van der Waals surface area contributed by atoms with Gasteiger partial charge in [0.15, 0.2) is 5.82 Å². The second-order valence-electron chi connectivity index (χ2n) is 7.34. The third kappa shape index (κ3) is 5.64. The molecule has 0 aliphatic rings. The molecule has 2 heterocycles. The van der Waals surface area contributed by atoms with Gasteiger partial charge in [0.25, 0.3) is 0 Å². The van der Waals surface area contributed by atoms with Crippen molar-refractivity contribution in [1.29, 1.82) is 10.7 Å². The van der Waals surface area contributed by atoms with Crippen molar-refractivity contribution in [3.63, 3.8) is 0 Å². The SMILES string of the molecule is CC(C(C=Nc1ccc(F)cc1F)=NN)c1[nH]c(C(N)=NC=N)c(-c2cnc(C(F)(F)F)nc2)c1C#N. The van der Waals surface area contributed by atoms with Crippen molar-refractivity contribution in [2.45, 2.75) is 19.0 Å². The average Bonchev–Trinajstić information content (AvgIpc) is 3.25. The van der Waals surface area contributed by atoms with Gasteiger partial charge in [0, 0.05) is 41.2 Å². The van der Waals surface area contributed by atoms with E-state index in [0.29, 0.717) is 12.4 Å². The summed E-state index contributed by atoms with van der Waals surface area (Å²) in [5.74, 6) is 1.31. The maximum Gasteiger partial charge on any atom is 0.451 e.